The first-order valence-corrected chi connectivity index (χ1v) is 10.5. The normalized spacial score (nSPS) is 13.2. The maximum Gasteiger partial charge on any atom is 0.339 e. The zero-order valence-electron chi connectivity index (χ0n) is 19.2. The lowest BCUT2D eigenvalue weighted by atomic mass is 9.90. The number of nitro groups is 1. The van der Waals surface area contributed by atoms with Crippen LogP contribution in [0.1, 0.15) is 38.1 Å². The highest BCUT2D eigenvalue weighted by molar-refractivity contribution is 6.30. The number of nitrogens with zero attached hydrogens (tertiary/aromatic N) is 2. The highest BCUT2D eigenvalue weighted by Gasteiger charge is 2.32. The van der Waals surface area contributed by atoms with Crippen molar-refractivity contribution in [2.45, 2.75) is 39.3 Å². The predicted octanol–water partition coefficient (Wildman–Crippen LogP) is 4.65. The molecule has 2 rings (SSSR count). The Hall–Kier alpha value is -3.84. The molecule has 10 nitrogen and oxygen atoms in total. The number of carbonyl (C=O) groups is 2. The molecule has 0 radical (unpaired) electrons. The minimum absolute atomic E-state index is 0.0568. The Morgan fingerprint density at radius 1 is 1.15 bits per heavy atom. The van der Waals surface area contributed by atoms with E-state index < -0.39 is 28.4 Å². The Bertz CT molecular complexity index is 1150. The molecule has 0 unspecified atom stereocenters. The lowest BCUT2D eigenvalue weighted by Gasteiger charge is -2.28. The predicted molar refractivity (Wildman–Crippen MR) is 123 cm³/mol. The Morgan fingerprint density at radius 3 is 2.35 bits per heavy atom. The largest absolute Gasteiger partial charge is 0.493 e. The zero-order valence-corrected chi connectivity index (χ0v) is 20.0. The van der Waals surface area contributed by atoms with E-state index in [4.69, 9.17) is 25.8 Å². The minimum atomic E-state index is -1.17. The monoisotopic (exact) mass is 489 g/mol. The number of nitro benzene ring substituents is 1. The van der Waals surface area contributed by atoms with Gasteiger partial charge in [-0.2, -0.15) is 5.26 Å². The summed E-state index contributed by atoms with van der Waals surface area (Å²) in [4.78, 5) is 35.7. The number of carbonyl (C=O) groups excluding carboxylic acids is 2. The van der Waals surface area contributed by atoms with Crippen LogP contribution in [0.25, 0.3) is 0 Å². The number of nitriles is 1. The van der Waals surface area contributed by atoms with E-state index >= 15 is 0 Å². The van der Waals surface area contributed by atoms with E-state index in [1.165, 1.54) is 44.4 Å². The molecule has 11 heteroatoms. The Labute approximate surface area is 201 Å². The maximum absolute atomic E-state index is 12.6. The average molecular weight is 490 g/mol. The van der Waals surface area contributed by atoms with Crippen molar-refractivity contribution in [1.82, 2.24) is 5.32 Å². The van der Waals surface area contributed by atoms with Crippen LogP contribution in [0.15, 0.2) is 36.4 Å². The van der Waals surface area contributed by atoms with Crippen molar-refractivity contribution in [3.05, 3.63) is 57.1 Å². The molecule has 1 N–H and O–H groups in total. The Kier molecular flexibility index (Phi) is 8.43. The van der Waals surface area contributed by atoms with E-state index in [1.807, 2.05) is 0 Å². The summed E-state index contributed by atoms with van der Waals surface area (Å²) >= 11 is 5.82. The van der Waals surface area contributed by atoms with Gasteiger partial charge in [-0.05, 0) is 50.1 Å². The van der Waals surface area contributed by atoms with Crippen molar-refractivity contribution < 1.29 is 28.7 Å². The molecule has 2 atom stereocenters. The highest BCUT2D eigenvalue weighted by Crippen LogP contribution is 2.38. The molecule has 0 heterocycles. The maximum atomic E-state index is 12.6. The summed E-state index contributed by atoms with van der Waals surface area (Å²) in [7, 11) is 1.33. The van der Waals surface area contributed by atoms with Crippen LogP contribution in [-0.4, -0.2) is 35.6 Å². The van der Waals surface area contributed by atoms with E-state index in [0.717, 1.165) is 6.07 Å². The number of halogens is 1. The minimum Gasteiger partial charge on any atom is -0.493 e. The number of hydrogen-bond donors (Lipinski definition) is 1. The van der Waals surface area contributed by atoms with Crippen molar-refractivity contribution in [2.75, 3.05) is 7.11 Å². The fraction of sp³-hybridized carbons (Fsp3) is 0.348. The van der Waals surface area contributed by atoms with Crippen LogP contribution in [0.5, 0.6) is 17.2 Å². The molecule has 2 aromatic carbocycles. The van der Waals surface area contributed by atoms with Gasteiger partial charge in [-0.15, -0.1) is 0 Å². The third-order valence-corrected chi connectivity index (χ3v) is 5.39. The van der Waals surface area contributed by atoms with Crippen LogP contribution in [0, 0.1) is 27.4 Å². The number of nitrogens with one attached hydrogen (secondary N) is 1. The molecule has 0 aromatic heterocycles. The summed E-state index contributed by atoms with van der Waals surface area (Å²) < 4.78 is 16.1. The van der Waals surface area contributed by atoms with E-state index in [2.05, 4.69) is 11.4 Å². The number of ether oxygens (including phenoxy) is 3. The molecule has 0 fully saturated rings. The summed E-state index contributed by atoms with van der Waals surface area (Å²) in [5.74, 6) is -1.46. The van der Waals surface area contributed by atoms with Crippen molar-refractivity contribution in [3.63, 3.8) is 0 Å². The highest BCUT2D eigenvalue weighted by atomic mass is 35.5. The van der Waals surface area contributed by atoms with Gasteiger partial charge in [0.2, 0.25) is 5.75 Å². The van der Waals surface area contributed by atoms with Gasteiger partial charge in [-0.3, -0.25) is 14.9 Å². The van der Waals surface area contributed by atoms with Crippen molar-refractivity contribution in [1.29, 1.82) is 5.26 Å². The molecule has 0 saturated heterocycles. The number of esters is 1. The Balaban J connectivity index is 2.19. The quantitative estimate of drug-likeness (QED) is 0.305. The van der Waals surface area contributed by atoms with Gasteiger partial charge in [0.05, 0.1) is 23.7 Å². The van der Waals surface area contributed by atoms with Crippen molar-refractivity contribution >= 4 is 29.2 Å². The molecule has 0 saturated carbocycles. The summed E-state index contributed by atoms with van der Waals surface area (Å²) in [6, 6.07) is 10.0. The standard InChI is InChI=1S/C23H24ClN3O7/c1-13(2)23(4,12-25)26-21(28)14(3)33-22(29)15-6-8-19(20(10-15)32-5)34-18-9-7-16(24)11-17(18)27(30)31/h6-11,13-14H,1-5H3,(H,26,28)/t14-,23-/m1/s1. The molecule has 0 spiro atoms. The molecule has 34 heavy (non-hydrogen) atoms. The van der Waals surface area contributed by atoms with Gasteiger partial charge >= 0.3 is 11.7 Å². The molecular formula is C23H24ClN3O7. The molecule has 0 aliphatic heterocycles. The summed E-state index contributed by atoms with van der Waals surface area (Å²) in [5.41, 5.74) is -1.41. The smallest absolute Gasteiger partial charge is 0.339 e. The van der Waals surface area contributed by atoms with Gasteiger partial charge in [0.25, 0.3) is 5.91 Å². The first-order valence-electron chi connectivity index (χ1n) is 10.2. The van der Waals surface area contributed by atoms with E-state index in [0.29, 0.717) is 0 Å². The van der Waals surface area contributed by atoms with E-state index in [1.54, 1.807) is 20.8 Å². The lowest BCUT2D eigenvalue weighted by Crippen LogP contribution is -2.52. The molecule has 180 valence electrons. The number of rotatable bonds is 9. The van der Waals surface area contributed by atoms with Gasteiger partial charge < -0.3 is 19.5 Å². The van der Waals surface area contributed by atoms with Crippen LogP contribution in [0.2, 0.25) is 5.02 Å². The topological polar surface area (TPSA) is 141 Å². The molecule has 0 aliphatic carbocycles. The molecule has 2 aromatic rings. The lowest BCUT2D eigenvalue weighted by molar-refractivity contribution is -0.385. The van der Waals surface area contributed by atoms with Crippen molar-refractivity contribution in [3.8, 4) is 23.3 Å². The van der Waals surface area contributed by atoms with Crippen LogP contribution >= 0.6 is 11.6 Å². The molecule has 0 bridgehead atoms. The zero-order chi connectivity index (χ0) is 25.6. The fourth-order valence-corrected chi connectivity index (χ4v) is 2.82. The van der Waals surface area contributed by atoms with Gasteiger partial charge in [0.15, 0.2) is 17.6 Å². The SMILES string of the molecule is COc1cc(C(=O)O[C@H](C)C(=O)N[C@](C)(C#N)C(C)C)ccc1Oc1ccc(Cl)cc1[N+](=O)[O-]. The van der Waals surface area contributed by atoms with Crippen LogP contribution in [0.3, 0.4) is 0 Å². The third-order valence-electron chi connectivity index (χ3n) is 5.16. The number of benzene rings is 2. The molecular weight excluding hydrogens is 466 g/mol. The Morgan fingerprint density at radius 2 is 1.79 bits per heavy atom. The second-order valence-corrected chi connectivity index (χ2v) is 8.28. The number of methoxy groups -OCH3 is 1. The summed E-state index contributed by atoms with van der Waals surface area (Å²) in [6.45, 7) is 6.54. The van der Waals surface area contributed by atoms with Crippen molar-refractivity contribution in [2.24, 2.45) is 5.92 Å². The average Bonchev–Trinajstić information content (AvgIpc) is 2.79. The van der Waals surface area contributed by atoms with Gasteiger partial charge in [0.1, 0.15) is 5.54 Å². The summed E-state index contributed by atoms with van der Waals surface area (Å²) in [5, 5.41) is 23.4. The third kappa shape index (κ3) is 6.14. The molecule has 0 aliphatic rings. The van der Waals surface area contributed by atoms with Crippen LogP contribution in [-0.2, 0) is 9.53 Å². The van der Waals surface area contributed by atoms with Gasteiger partial charge in [-0.25, -0.2) is 4.79 Å². The first kappa shape index (κ1) is 26.4. The fourth-order valence-electron chi connectivity index (χ4n) is 2.66. The number of amides is 1. The van der Waals surface area contributed by atoms with E-state index in [-0.39, 0.29) is 39.4 Å². The molecule has 1 amide bonds. The number of hydrogen-bond acceptors (Lipinski definition) is 8. The second kappa shape index (κ2) is 10.9. The van der Waals surface area contributed by atoms with E-state index in [9.17, 15) is 25.0 Å². The van der Waals surface area contributed by atoms with Gasteiger partial charge in [0, 0.05) is 11.1 Å². The van der Waals surface area contributed by atoms with Crippen LogP contribution < -0.4 is 14.8 Å². The van der Waals surface area contributed by atoms with Gasteiger partial charge in [-0.1, -0.05) is 25.4 Å². The second-order valence-electron chi connectivity index (χ2n) is 7.84. The van der Waals surface area contributed by atoms with Crippen LogP contribution in [0.4, 0.5) is 5.69 Å². The summed E-state index contributed by atoms with van der Waals surface area (Å²) in [6.07, 6.45) is -1.17. The first-order chi connectivity index (χ1) is 15.9.